The van der Waals surface area contributed by atoms with Crippen LogP contribution >= 0.6 is 27.7 Å². The van der Waals surface area contributed by atoms with Crippen LogP contribution in [0.4, 0.5) is 0 Å². The van der Waals surface area contributed by atoms with Crippen LogP contribution in [0, 0.1) is 13.8 Å². The minimum Gasteiger partial charge on any atom is -0.420 e. The Kier molecular flexibility index (Phi) is 5.04. The van der Waals surface area contributed by atoms with Crippen molar-refractivity contribution in [2.75, 3.05) is 0 Å². The summed E-state index contributed by atoms with van der Waals surface area (Å²) in [5.41, 5.74) is 4.09. The maximum atomic E-state index is 5.76. The maximum absolute atomic E-state index is 5.76. The molecule has 7 nitrogen and oxygen atoms in total. The highest BCUT2D eigenvalue weighted by molar-refractivity contribution is 9.10. The number of hydrogen-bond donors (Lipinski definition) is 0. The fourth-order valence-corrected chi connectivity index (χ4v) is 3.67. The summed E-state index contributed by atoms with van der Waals surface area (Å²) in [5.74, 6) is 1.50. The van der Waals surface area contributed by atoms with E-state index in [1.165, 1.54) is 11.8 Å². The van der Waals surface area contributed by atoms with E-state index in [1.807, 2.05) is 56.3 Å². The van der Waals surface area contributed by atoms with Gasteiger partial charge in [-0.2, -0.15) is 4.68 Å². The number of hydrogen-bond acceptors (Lipinski definition) is 7. The van der Waals surface area contributed by atoms with Crippen LogP contribution in [0.2, 0.25) is 0 Å². The van der Waals surface area contributed by atoms with Crippen molar-refractivity contribution in [2.24, 2.45) is 0 Å². The number of tetrazole rings is 1. The summed E-state index contributed by atoms with van der Waals surface area (Å²) in [4.78, 5) is 0. The Morgan fingerprint density at radius 2 is 1.74 bits per heavy atom. The molecule has 0 unspecified atom stereocenters. The smallest absolute Gasteiger partial charge is 0.247 e. The van der Waals surface area contributed by atoms with Gasteiger partial charge in [-0.25, -0.2) is 0 Å². The number of nitrogens with zero attached hydrogens (tertiary/aromatic N) is 6. The van der Waals surface area contributed by atoms with E-state index in [2.05, 4.69) is 41.7 Å². The lowest BCUT2D eigenvalue weighted by atomic mass is 10.1. The van der Waals surface area contributed by atoms with Gasteiger partial charge in [0.1, 0.15) is 0 Å². The summed E-state index contributed by atoms with van der Waals surface area (Å²) in [5, 5.41) is 21.0. The third-order valence-corrected chi connectivity index (χ3v) is 5.41. The van der Waals surface area contributed by atoms with Crippen LogP contribution in [0.25, 0.3) is 17.1 Å². The highest BCUT2D eigenvalue weighted by Gasteiger charge is 2.15. The normalized spacial score (nSPS) is 11.1. The van der Waals surface area contributed by atoms with Crippen molar-refractivity contribution < 1.29 is 4.42 Å². The SMILES string of the molecule is Cc1cccc(C)c1-n1nnnc1SCc1nnc(-c2ccc(Br)cc2)o1. The first-order chi connectivity index (χ1) is 13.1. The monoisotopic (exact) mass is 442 g/mol. The van der Waals surface area contributed by atoms with E-state index >= 15 is 0 Å². The molecule has 0 amide bonds. The fourth-order valence-electron chi connectivity index (χ4n) is 2.70. The molecule has 0 N–H and O–H groups in total. The lowest BCUT2D eigenvalue weighted by Crippen LogP contribution is -2.04. The Balaban J connectivity index is 1.52. The van der Waals surface area contributed by atoms with Gasteiger partial charge in [0.05, 0.1) is 11.4 Å². The van der Waals surface area contributed by atoms with Crippen LogP contribution in [0.15, 0.2) is 56.5 Å². The van der Waals surface area contributed by atoms with E-state index in [4.69, 9.17) is 4.42 Å². The van der Waals surface area contributed by atoms with Crippen LogP contribution in [0.3, 0.4) is 0 Å². The number of rotatable bonds is 5. The summed E-state index contributed by atoms with van der Waals surface area (Å²) in [7, 11) is 0. The van der Waals surface area contributed by atoms with Gasteiger partial charge in [0.2, 0.25) is 16.9 Å². The van der Waals surface area contributed by atoms with Crippen LogP contribution < -0.4 is 0 Å². The van der Waals surface area contributed by atoms with Crippen LogP contribution in [-0.2, 0) is 5.75 Å². The van der Waals surface area contributed by atoms with Crippen molar-refractivity contribution in [3.05, 3.63) is 64.0 Å². The molecular weight excluding hydrogens is 428 g/mol. The summed E-state index contributed by atoms with van der Waals surface area (Å²) in [6.45, 7) is 4.09. The summed E-state index contributed by atoms with van der Waals surface area (Å²) in [6, 6.07) is 13.8. The Morgan fingerprint density at radius 3 is 2.48 bits per heavy atom. The van der Waals surface area contributed by atoms with E-state index in [1.54, 1.807) is 4.68 Å². The standard InChI is InChI=1S/C18H15BrN6OS/c1-11-4-3-5-12(2)16(11)25-18(22-23-24-25)27-10-15-20-21-17(26-15)13-6-8-14(19)9-7-13/h3-9H,10H2,1-2H3. The third kappa shape index (κ3) is 3.79. The topological polar surface area (TPSA) is 82.5 Å². The predicted molar refractivity (Wildman–Crippen MR) is 106 cm³/mol. The van der Waals surface area contributed by atoms with Gasteiger partial charge in [0, 0.05) is 10.0 Å². The number of thioether (sulfide) groups is 1. The molecule has 2 aromatic heterocycles. The molecule has 0 aliphatic heterocycles. The van der Waals surface area contributed by atoms with Gasteiger partial charge in [-0.3, -0.25) is 0 Å². The van der Waals surface area contributed by atoms with E-state index in [0.29, 0.717) is 22.7 Å². The molecule has 0 aliphatic rings. The van der Waals surface area contributed by atoms with E-state index in [0.717, 1.165) is 26.9 Å². The molecule has 2 heterocycles. The van der Waals surface area contributed by atoms with Gasteiger partial charge < -0.3 is 4.42 Å². The number of halogens is 1. The minimum absolute atomic E-state index is 0.481. The fraction of sp³-hybridized carbons (Fsp3) is 0.167. The van der Waals surface area contributed by atoms with E-state index in [-0.39, 0.29) is 0 Å². The van der Waals surface area contributed by atoms with E-state index < -0.39 is 0 Å². The van der Waals surface area contributed by atoms with Gasteiger partial charge in [0.25, 0.3) is 0 Å². The van der Waals surface area contributed by atoms with Gasteiger partial charge in [-0.05, 0) is 59.7 Å². The molecular formula is C18H15BrN6OS. The molecule has 0 saturated heterocycles. The molecule has 4 rings (SSSR count). The molecule has 0 aliphatic carbocycles. The second kappa shape index (κ2) is 7.61. The summed E-state index contributed by atoms with van der Waals surface area (Å²) in [6.07, 6.45) is 0. The molecule has 136 valence electrons. The molecule has 9 heteroatoms. The molecule has 0 atom stereocenters. The second-order valence-electron chi connectivity index (χ2n) is 5.91. The lowest BCUT2D eigenvalue weighted by molar-refractivity contribution is 0.528. The summed E-state index contributed by atoms with van der Waals surface area (Å²) < 4.78 is 8.52. The average Bonchev–Trinajstić information content (AvgIpc) is 3.30. The van der Waals surface area contributed by atoms with Crippen LogP contribution in [-0.4, -0.2) is 30.4 Å². The number of benzene rings is 2. The quantitative estimate of drug-likeness (QED) is 0.423. The van der Waals surface area contributed by atoms with Gasteiger partial charge in [-0.1, -0.05) is 45.9 Å². The molecule has 2 aromatic carbocycles. The van der Waals surface area contributed by atoms with Crippen LogP contribution in [0.1, 0.15) is 17.0 Å². The minimum atomic E-state index is 0.481. The number of aryl methyl sites for hydroxylation is 2. The van der Waals surface area contributed by atoms with Crippen molar-refractivity contribution in [1.29, 1.82) is 0 Å². The Labute approximate surface area is 168 Å². The number of aromatic nitrogens is 6. The second-order valence-corrected chi connectivity index (χ2v) is 7.77. The highest BCUT2D eigenvalue weighted by atomic mass is 79.9. The molecule has 0 bridgehead atoms. The first-order valence-corrected chi connectivity index (χ1v) is 9.96. The number of para-hydroxylation sites is 1. The maximum Gasteiger partial charge on any atom is 0.247 e. The zero-order valence-corrected chi connectivity index (χ0v) is 17.0. The lowest BCUT2D eigenvalue weighted by Gasteiger charge is -2.09. The van der Waals surface area contributed by atoms with Gasteiger partial charge in [-0.15, -0.1) is 15.3 Å². The van der Waals surface area contributed by atoms with Crippen molar-refractivity contribution in [2.45, 2.75) is 24.8 Å². The van der Waals surface area contributed by atoms with Gasteiger partial charge in [0.15, 0.2) is 0 Å². The first kappa shape index (κ1) is 17.9. The molecule has 27 heavy (non-hydrogen) atoms. The third-order valence-electron chi connectivity index (χ3n) is 3.97. The van der Waals surface area contributed by atoms with Crippen molar-refractivity contribution in [3.63, 3.8) is 0 Å². The molecule has 0 spiro atoms. The highest BCUT2D eigenvalue weighted by Crippen LogP contribution is 2.27. The Hall–Kier alpha value is -2.52. The zero-order valence-electron chi connectivity index (χ0n) is 14.6. The Bertz CT molecular complexity index is 1060. The largest absolute Gasteiger partial charge is 0.420 e. The molecule has 0 radical (unpaired) electrons. The summed E-state index contributed by atoms with van der Waals surface area (Å²) >= 11 is 4.87. The van der Waals surface area contributed by atoms with Crippen LogP contribution in [0.5, 0.6) is 0 Å². The molecule has 4 aromatic rings. The average molecular weight is 443 g/mol. The molecule has 0 fully saturated rings. The zero-order chi connectivity index (χ0) is 18.8. The van der Waals surface area contributed by atoms with Gasteiger partial charge >= 0.3 is 0 Å². The van der Waals surface area contributed by atoms with E-state index in [9.17, 15) is 0 Å². The van der Waals surface area contributed by atoms with Crippen molar-refractivity contribution >= 4 is 27.7 Å². The van der Waals surface area contributed by atoms with Crippen molar-refractivity contribution in [3.8, 4) is 17.1 Å². The predicted octanol–water partition coefficient (Wildman–Crippen LogP) is 4.38. The first-order valence-electron chi connectivity index (χ1n) is 8.18. The molecule has 0 saturated carbocycles. The Morgan fingerprint density at radius 1 is 1.00 bits per heavy atom. The van der Waals surface area contributed by atoms with Crippen molar-refractivity contribution in [1.82, 2.24) is 30.4 Å².